The van der Waals surface area contributed by atoms with Gasteiger partial charge in [0.05, 0.1) is 12.4 Å². The predicted octanol–water partition coefficient (Wildman–Crippen LogP) is 5.76. The van der Waals surface area contributed by atoms with Gasteiger partial charge in [0.2, 0.25) is 0 Å². The zero-order valence-electron chi connectivity index (χ0n) is 13.0. The fourth-order valence-electron chi connectivity index (χ4n) is 3.12. The van der Waals surface area contributed by atoms with E-state index in [1.807, 2.05) is 18.7 Å². The highest BCUT2D eigenvalue weighted by molar-refractivity contribution is 7.17. The molecule has 2 heterocycles. The third-order valence-corrected chi connectivity index (χ3v) is 5.25. The molecule has 2 aromatic heterocycles. The Kier molecular flexibility index (Phi) is 3.72. The van der Waals surface area contributed by atoms with Crippen LogP contribution in [-0.2, 0) is 0 Å². The maximum absolute atomic E-state index is 4.17. The second-order valence-corrected chi connectivity index (χ2v) is 6.68. The van der Waals surface area contributed by atoms with Crippen molar-refractivity contribution in [1.82, 2.24) is 9.55 Å². The molecule has 0 saturated heterocycles. The van der Waals surface area contributed by atoms with E-state index in [1.165, 1.54) is 26.8 Å². The van der Waals surface area contributed by atoms with Crippen LogP contribution in [0.1, 0.15) is 24.9 Å². The molecule has 23 heavy (non-hydrogen) atoms. The van der Waals surface area contributed by atoms with Gasteiger partial charge in [0.15, 0.2) is 0 Å². The van der Waals surface area contributed by atoms with Crippen molar-refractivity contribution in [3.63, 3.8) is 0 Å². The molecule has 114 valence electrons. The first-order valence-corrected chi connectivity index (χ1v) is 8.78. The summed E-state index contributed by atoms with van der Waals surface area (Å²) in [5, 5.41) is 3.47. The quantitative estimate of drug-likeness (QED) is 0.467. The molecule has 0 aliphatic rings. The van der Waals surface area contributed by atoms with Crippen molar-refractivity contribution < 1.29 is 0 Å². The predicted molar refractivity (Wildman–Crippen MR) is 97.9 cm³/mol. The van der Waals surface area contributed by atoms with Crippen LogP contribution in [0.3, 0.4) is 0 Å². The maximum atomic E-state index is 4.17. The molecule has 2 nitrogen and oxygen atoms in total. The van der Waals surface area contributed by atoms with Gasteiger partial charge in [-0.15, -0.1) is 11.3 Å². The van der Waals surface area contributed by atoms with Gasteiger partial charge in [-0.2, -0.15) is 0 Å². The Morgan fingerprint density at radius 1 is 1.04 bits per heavy atom. The second-order valence-electron chi connectivity index (χ2n) is 5.73. The molecule has 0 N–H and O–H groups in total. The van der Waals surface area contributed by atoms with E-state index in [2.05, 4.69) is 70.4 Å². The van der Waals surface area contributed by atoms with E-state index >= 15 is 0 Å². The first kappa shape index (κ1) is 14.2. The van der Waals surface area contributed by atoms with E-state index < -0.39 is 0 Å². The normalized spacial score (nSPS) is 12.6. The van der Waals surface area contributed by atoms with Gasteiger partial charge in [0.1, 0.15) is 0 Å². The van der Waals surface area contributed by atoms with Crippen LogP contribution >= 0.6 is 11.3 Å². The highest BCUT2D eigenvalue weighted by atomic mass is 32.1. The largest absolute Gasteiger partial charge is 0.330 e. The fraction of sp³-hybridized carbons (Fsp3) is 0.150. The lowest BCUT2D eigenvalue weighted by atomic mass is 9.99. The number of imidazole rings is 1. The molecule has 0 aliphatic carbocycles. The number of fused-ring (bicyclic) bond motifs is 1. The minimum absolute atomic E-state index is 0.353. The molecule has 0 aliphatic heterocycles. The van der Waals surface area contributed by atoms with E-state index in [0.29, 0.717) is 6.04 Å². The van der Waals surface area contributed by atoms with Crippen molar-refractivity contribution in [1.29, 1.82) is 0 Å². The number of aromatic nitrogens is 2. The van der Waals surface area contributed by atoms with Crippen LogP contribution in [0.4, 0.5) is 0 Å². The first-order chi connectivity index (χ1) is 11.3. The summed E-state index contributed by atoms with van der Waals surface area (Å²) in [5.74, 6) is 0. The van der Waals surface area contributed by atoms with Crippen molar-refractivity contribution in [2.75, 3.05) is 0 Å². The van der Waals surface area contributed by atoms with Crippen LogP contribution in [0, 0.1) is 0 Å². The van der Waals surface area contributed by atoms with Gasteiger partial charge < -0.3 is 4.57 Å². The van der Waals surface area contributed by atoms with Gasteiger partial charge >= 0.3 is 0 Å². The summed E-state index contributed by atoms with van der Waals surface area (Å²) in [4.78, 5) is 4.17. The Morgan fingerprint density at radius 2 is 1.87 bits per heavy atom. The lowest BCUT2D eigenvalue weighted by Crippen LogP contribution is -2.07. The van der Waals surface area contributed by atoms with Crippen molar-refractivity contribution in [3.05, 3.63) is 78.2 Å². The van der Waals surface area contributed by atoms with E-state index in [1.54, 1.807) is 11.3 Å². The zero-order valence-corrected chi connectivity index (χ0v) is 13.8. The number of nitrogens with zero attached hydrogens (tertiary/aromatic N) is 2. The lowest BCUT2D eigenvalue weighted by molar-refractivity contribution is 0.566. The first-order valence-electron chi connectivity index (χ1n) is 7.90. The third kappa shape index (κ3) is 2.68. The van der Waals surface area contributed by atoms with Crippen LogP contribution in [0.2, 0.25) is 0 Å². The number of hydrogen-bond acceptors (Lipinski definition) is 2. The van der Waals surface area contributed by atoms with E-state index in [-0.39, 0.29) is 0 Å². The third-order valence-electron chi connectivity index (χ3n) is 4.35. The zero-order chi connectivity index (χ0) is 15.6. The van der Waals surface area contributed by atoms with Crippen LogP contribution in [0.25, 0.3) is 21.2 Å². The van der Waals surface area contributed by atoms with Crippen molar-refractivity contribution in [2.45, 2.75) is 19.4 Å². The monoisotopic (exact) mass is 318 g/mol. The number of benzene rings is 2. The standard InChI is InChI=1S/C20H18N2S/c1-2-19(22-11-10-21-14-22)16-5-3-15(4-6-16)17-7-8-20-18(13-17)9-12-23-20/h3-14,19H,2H2,1H3. The van der Waals surface area contributed by atoms with Crippen LogP contribution in [-0.4, -0.2) is 9.55 Å². The average Bonchev–Trinajstić information content (AvgIpc) is 3.27. The van der Waals surface area contributed by atoms with Gasteiger partial charge in [-0.05, 0) is 52.1 Å². The summed E-state index contributed by atoms with van der Waals surface area (Å²) in [6.07, 6.45) is 6.82. The van der Waals surface area contributed by atoms with E-state index in [9.17, 15) is 0 Å². The highest BCUT2D eigenvalue weighted by Crippen LogP contribution is 2.29. The van der Waals surface area contributed by atoms with E-state index in [0.717, 1.165) is 6.42 Å². The van der Waals surface area contributed by atoms with Gasteiger partial charge in [-0.25, -0.2) is 4.98 Å². The number of thiophene rings is 1. The molecular formula is C20H18N2S. The molecule has 0 amide bonds. The summed E-state index contributed by atoms with van der Waals surface area (Å²) >= 11 is 1.79. The minimum Gasteiger partial charge on any atom is -0.330 e. The Bertz CT molecular complexity index is 904. The summed E-state index contributed by atoms with van der Waals surface area (Å²) in [6, 6.07) is 18.2. The summed E-state index contributed by atoms with van der Waals surface area (Å²) in [5.41, 5.74) is 3.87. The molecule has 0 bridgehead atoms. The van der Waals surface area contributed by atoms with Gasteiger partial charge in [-0.1, -0.05) is 37.3 Å². The van der Waals surface area contributed by atoms with Crippen LogP contribution in [0.15, 0.2) is 72.6 Å². The molecule has 0 fully saturated rings. The molecule has 0 radical (unpaired) electrons. The summed E-state index contributed by atoms with van der Waals surface area (Å²) in [6.45, 7) is 2.21. The second kappa shape index (κ2) is 6.01. The molecule has 4 aromatic rings. The molecule has 3 heteroatoms. The summed E-state index contributed by atoms with van der Waals surface area (Å²) < 4.78 is 3.52. The van der Waals surface area contributed by atoms with Crippen molar-refractivity contribution in [2.24, 2.45) is 0 Å². The van der Waals surface area contributed by atoms with Gasteiger partial charge in [-0.3, -0.25) is 0 Å². The Morgan fingerprint density at radius 3 is 2.61 bits per heavy atom. The molecular weight excluding hydrogens is 300 g/mol. The average molecular weight is 318 g/mol. The Balaban J connectivity index is 1.67. The molecule has 4 rings (SSSR count). The molecule has 0 spiro atoms. The van der Waals surface area contributed by atoms with E-state index in [4.69, 9.17) is 0 Å². The molecule has 1 atom stereocenters. The minimum atomic E-state index is 0.353. The van der Waals surface area contributed by atoms with Gasteiger partial charge in [0.25, 0.3) is 0 Å². The summed E-state index contributed by atoms with van der Waals surface area (Å²) in [7, 11) is 0. The van der Waals surface area contributed by atoms with Crippen LogP contribution in [0.5, 0.6) is 0 Å². The maximum Gasteiger partial charge on any atom is 0.0951 e. The Hall–Kier alpha value is -2.39. The smallest absolute Gasteiger partial charge is 0.0951 e. The Labute approximate surface area is 140 Å². The number of hydrogen-bond donors (Lipinski definition) is 0. The lowest BCUT2D eigenvalue weighted by Gasteiger charge is -2.17. The van der Waals surface area contributed by atoms with Gasteiger partial charge in [0, 0.05) is 17.1 Å². The molecule has 1 unspecified atom stereocenters. The molecule has 2 aromatic carbocycles. The topological polar surface area (TPSA) is 17.8 Å². The van der Waals surface area contributed by atoms with Crippen molar-refractivity contribution >= 4 is 21.4 Å². The fourth-order valence-corrected chi connectivity index (χ4v) is 3.89. The van der Waals surface area contributed by atoms with Crippen molar-refractivity contribution in [3.8, 4) is 11.1 Å². The number of rotatable bonds is 4. The van der Waals surface area contributed by atoms with Crippen LogP contribution < -0.4 is 0 Å². The molecule has 0 saturated carbocycles. The SMILES string of the molecule is CCC(c1ccc(-c2ccc3sccc3c2)cc1)n1ccnc1. The highest BCUT2D eigenvalue weighted by Gasteiger charge is 2.11.